The van der Waals surface area contributed by atoms with E-state index in [1.54, 1.807) is 0 Å². The van der Waals surface area contributed by atoms with Crippen molar-refractivity contribution in [3.8, 4) is 0 Å². The second-order valence-electron chi connectivity index (χ2n) is 5.93. The number of H-pyrrole nitrogens is 1. The highest BCUT2D eigenvalue weighted by molar-refractivity contribution is 5.81. The van der Waals surface area contributed by atoms with Gasteiger partial charge >= 0.3 is 0 Å². The predicted octanol–water partition coefficient (Wildman–Crippen LogP) is 2.64. The van der Waals surface area contributed by atoms with Gasteiger partial charge in [-0.2, -0.15) is 5.10 Å². The maximum Gasteiger partial charge on any atom is 0.0653 e. The molecule has 3 heterocycles. The number of benzene rings is 1. The molecular weight excluding hydrogens is 222 g/mol. The van der Waals surface area contributed by atoms with Crippen molar-refractivity contribution in [2.45, 2.75) is 44.2 Å². The Morgan fingerprint density at radius 3 is 2.83 bits per heavy atom. The molecule has 94 valence electrons. The van der Waals surface area contributed by atoms with Crippen LogP contribution in [0.1, 0.15) is 31.2 Å². The lowest BCUT2D eigenvalue weighted by Crippen LogP contribution is -2.38. The zero-order valence-corrected chi connectivity index (χ0v) is 10.5. The summed E-state index contributed by atoms with van der Waals surface area (Å²) in [5.41, 5.74) is 2.64. The molecule has 0 saturated carbocycles. The monoisotopic (exact) mass is 241 g/mol. The van der Waals surface area contributed by atoms with E-state index in [1.807, 2.05) is 6.20 Å². The SMILES string of the molecule is c1cc(CC2CC3CCC(C2)N3)c2cn[nH]c2c1. The molecule has 18 heavy (non-hydrogen) atoms. The fourth-order valence-electron chi connectivity index (χ4n) is 3.86. The summed E-state index contributed by atoms with van der Waals surface area (Å²) >= 11 is 0. The number of hydrogen-bond acceptors (Lipinski definition) is 2. The number of piperidine rings is 1. The van der Waals surface area contributed by atoms with Gasteiger partial charge in [-0.1, -0.05) is 12.1 Å². The second-order valence-corrected chi connectivity index (χ2v) is 5.93. The van der Waals surface area contributed by atoms with Gasteiger partial charge in [0.25, 0.3) is 0 Å². The molecule has 2 aromatic rings. The minimum absolute atomic E-state index is 0.789. The van der Waals surface area contributed by atoms with Gasteiger partial charge in [-0.25, -0.2) is 0 Å². The van der Waals surface area contributed by atoms with Crippen LogP contribution in [0.5, 0.6) is 0 Å². The highest BCUT2D eigenvalue weighted by Gasteiger charge is 2.33. The van der Waals surface area contributed by atoms with Gasteiger partial charge in [-0.3, -0.25) is 5.10 Å². The molecule has 3 nitrogen and oxygen atoms in total. The first-order chi connectivity index (χ1) is 8.88. The molecule has 2 fully saturated rings. The third kappa shape index (κ3) is 1.74. The van der Waals surface area contributed by atoms with Crippen molar-refractivity contribution >= 4 is 10.9 Å². The van der Waals surface area contributed by atoms with E-state index in [4.69, 9.17) is 0 Å². The molecule has 2 atom stereocenters. The molecule has 0 spiro atoms. The Bertz CT molecular complexity index is 548. The molecule has 2 saturated heterocycles. The molecule has 1 aromatic heterocycles. The van der Waals surface area contributed by atoms with Crippen molar-refractivity contribution in [1.29, 1.82) is 0 Å². The van der Waals surface area contributed by atoms with Gasteiger partial charge in [0.05, 0.1) is 11.7 Å². The van der Waals surface area contributed by atoms with Crippen LogP contribution in [0.3, 0.4) is 0 Å². The molecule has 0 aliphatic carbocycles. The topological polar surface area (TPSA) is 40.7 Å². The van der Waals surface area contributed by atoms with E-state index in [0.29, 0.717) is 0 Å². The Morgan fingerprint density at radius 2 is 2.00 bits per heavy atom. The van der Waals surface area contributed by atoms with E-state index in [1.165, 1.54) is 48.6 Å². The lowest BCUT2D eigenvalue weighted by atomic mass is 9.86. The zero-order valence-electron chi connectivity index (χ0n) is 10.5. The Hall–Kier alpha value is -1.35. The van der Waals surface area contributed by atoms with Crippen molar-refractivity contribution in [1.82, 2.24) is 15.5 Å². The lowest BCUT2D eigenvalue weighted by Gasteiger charge is -2.29. The van der Waals surface area contributed by atoms with Gasteiger partial charge in [0.1, 0.15) is 0 Å². The molecule has 2 unspecified atom stereocenters. The van der Waals surface area contributed by atoms with Crippen LogP contribution in [0.2, 0.25) is 0 Å². The Kier molecular flexibility index (Phi) is 2.40. The summed E-state index contributed by atoms with van der Waals surface area (Å²) in [4.78, 5) is 0. The van der Waals surface area contributed by atoms with Crippen molar-refractivity contribution in [3.63, 3.8) is 0 Å². The third-order valence-corrected chi connectivity index (χ3v) is 4.65. The molecule has 3 heteroatoms. The van der Waals surface area contributed by atoms with Gasteiger partial charge in [-0.05, 0) is 49.7 Å². The van der Waals surface area contributed by atoms with Gasteiger partial charge in [0, 0.05) is 17.5 Å². The van der Waals surface area contributed by atoms with E-state index in [2.05, 4.69) is 33.7 Å². The number of rotatable bonds is 2. The maximum atomic E-state index is 4.16. The number of hydrogen-bond donors (Lipinski definition) is 2. The Balaban J connectivity index is 1.59. The fraction of sp³-hybridized carbons (Fsp3) is 0.533. The molecule has 2 N–H and O–H groups in total. The lowest BCUT2D eigenvalue weighted by molar-refractivity contribution is 0.299. The average Bonchev–Trinajstić information content (AvgIpc) is 2.97. The summed E-state index contributed by atoms with van der Waals surface area (Å²) < 4.78 is 0. The van der Waals surface area contributed by atoms with Crippen molar-refractivity contribution in [2.24, 2.45) is 5.92 Å². The molecular formula is C15H19N3. The smallest absolute Gasteiger partial charge is 0.0653 e. The first kappa shape index (κ1) is 10.6. The van der Waals surface area contributed by atoms with Crippen LogP contribution in [0.25, 0.3) is 10.9 Å². The summed E-state index contributed by atoms with van der Waals surface area (Å²) in [6, 6.07) is 8.10. The largest absolute Gasteiger partial charge is 0.311 e. The van der Waals surface area contributed by atoms with E-state index in [9.17, 15) is 0 Å². The molecule has 0 radical (unpaired) electrons. The van der Waals surface area contributed by atoms with Crippen LogP contribution in [0, 0.1) is 5.92 Å². The first-order valence-electron chi connectivity index (χ1n) is 7.05. The molecule has 1 aromatic carbocycles. The molecule has 4 rings (SSSR count). The molecule has 2 aliphatic rings. The molecule has 2 aliphatic heterocycles. The number of aromatic amines is 1. The Morgan fingerprint density at radius 1 is 1.17 bits per heavy atom. The summed E-state index contributed by atoms with van der Waals surface area (Å²) in [6.45, 7) is 0. The number of nitrogens with one attached hydrogen (secondary N) is 2. The van der Waals surface area contributed by atoms with E-state index < -0.39 is 0 Å². The van der Waals surface area contributed by atoms with E-state index in [-0.39, 0.29) is 0 Å². The van der Waals surface area contributed by atoms with Crippen LogP contribution in [0.15, 0.2) is 24.4 Å². The first-order valence-corrected chi connectivity index (χ1v) is 7.05. The fourth-order valence-corrected chi connectivity index (χ4v) is 3.86. The van der Waals surface area contributed by atoms with Gasteiger partial charge < -0.3 is 5.32 Å². The zero-order chi connectivity index (χ0) is 11.9. The summed E-state index contributed by atoms with van der Waals surface area (Å²) in [7, 11) is 0. The standard InChI is InChI=1S/C15H19N3/c1-2-11(14-9-16-18-15(14)3-1)6-10-7-12-4-5-13(8-10)17-12/h1-3,9-10,12-13,17H,4-8H2,(H,16,18). The summed E-state index contributed by atoms with van der Waals surface area (Å²) in [5.74, 6) is 0.851. The van der Waals surface area contributed by atoms with Crippen LogP contribution < -0.4 is 5.32 Å². The van der Waals surface area contributed by atoms with E-state index in [0.717, 1.165) is 18.0 Å². The van der Waals surface area contributed by atoms with Gasteiger partial charge in [0.15, 0.2) is 0 Å². The number of fused-ring (bicyclic) bond motifs is 3. The maximum absolute atomic E-state index is 4.16. The van der Waals surface area contributed by atoms with Crippen LogP contribution in [-0.4, -0.2) is 22.3 Å². The normalized spacial score (nSPS) is 31.0. The highest BCUT2D eigenvalue weighted by atomic mass is 15.1. The van der Waals surface area contributed by atoms with Gasteiger partial charge in [-0.15, -0.1) is 0 Å². The summed E-state index contributed by atoms with van der Waals surface area (Å²) in [5, 5.41) is 12.3. The quantitative estimate of drug-likeness (QED) is 0.848. The van der Waals surface area contributed by atoms with Crippen molar-refractivity contribution < 1.29 is 0 Å². The number of nitrogens with zero attached hydrogens (tertiary/aromatic N) is 1. The predicted molar refractivity (Wildman–Crippen MR) is 72.5 cm³/mol. The number of aromatic nitrogens is 2. The van der Waals surface area contributed by atoms with Gasteiger partial charge in [0.2, 0.25) is 0 Å². The van der Waals surface area contributed by atoms with E-state index >= 15 is 0 Å². The van der Waals surface area contributed by atoms with Crippen molar-refractivity contribution in [3.05, 3.63) is 30.0 Å². The van der Waals surface area contributed by atoms with Crippen LogP contribution in [0.4, 0.5) is 0 Å². The minimum Gasteiger partial charge on any atom is -0.311 e. The molecule has 0 amide bonds. The minimum atomic E-state index is 0.789. The summed E-state index contributed by atoms with van der Waals surface area (Å²) in [6.07, 6.45) is 8.66. The van der Waals surface area contributed by atoms with Crippen molar-refractivity contribution in [2.75, 3.05) is 0 Å². The molecule has 2 bridgehead atoms. The second kappa shape index (κ2) is 4.09. The highest BCUT2D eigenvalue weighted by Crippen LogP contribution is 2.33. The Labute approximate surface area is 107 Å². The third-order valence-electron chi connectivity index (χ3n) is 4.65. The van der Waals surface area contributed by atoms with Crippen LogP contribution in [-0.2, 0) is 6.42 Å². The average molecular weight is 241 g/mol. The van der Waals surface area contributed by atoms with Crippen LogP contribution >= 0.6 is 0 Å².